The van der Waals surface area contributed by atoms with Crippen molar-refractivity contribution < 1.29 is 32.7 Å². The molecule has 2 aromatic heterocycles. The number of aliphatic hydroxyl groups is 1. The van der Waals surface area contributed by atoms with Gasteiger partial charge in [0, 0.05) is 92.3 Å². The van der Waals surface area contributed by atoms with Crippen LogP contribution in [-0.2, 0) is 16.6 Å². The lowest BCUT2D eigenvalue weighted by Gasteiger charge is -2.58. The van der Waals surface area contributed by atoms with Gasteiger partial charge in [0.15, 0.2) is 0 Å². The number of nitro groups is 1. The summed E-state index contributed by atoms with van der Waals surface area (Å²) in [5, 5.41) is 27.3. The van der Waals surface area contributed by atoms with Crippen molar-refractivity contribution in [3.8, 4) is 17.2 Å². The fourth-order valence-electron chi connectivity index (χ4n) is 11.9. The van der Waals surface area contributed by atoms with Crippen LogP contribution >= 0.6 is 11.6 Å². The minimum absolute atomic E-state index is 0.0370. The summed E-state index contributed by atoms with van der Waals surface area (Å²) in [5.74, 6) is 0.931. The number of amides is 1. The van der Waals surface area contributed by atoms with E-state index in [0.717, 1.165) is 106 Å². The maximum Gasteiger partial charge on any atom is 0.293 e. The number of sulfonamides is 1. The maximum absolute atomic E-state index is 14.1. The molecule has 10 rings (SSSR count). The zero-order valence-electron chi connectivity index (χ0n) is 43.1. The summed E-state index contributed by atoms with van der Waals surface area (Å²) in [4.78, 5) is 40.4. The van der Waals surface area contributed by atoms with Crippen LogP contribution < -0.4 is 24.4 Å². The second kappa shape index (κ2) is 21.4. The van der Waals surface area contributed by atoms with Crippen molar-refractivity contribution in [2.75, 3.05) is 56.6 Å². The average Bonchev–Trinajstić information content (AvgIpc) is 3.86. The zero-order chi connectivity index (χ0) is 52.6. The van der Waals surface area contributed by atoms with Crippen LogP contribution in [0.25, 0.3) is 11.0 Å². The Morgan fingerprint density at radius 1 is 0.947 bits per heavy atom. The van der Waals surface area contributed by atoms with Crippen LogP contribution in [0.3, 0.4) is 0 Å². The predicted octanol–water partition coefficient (Wildman–Crippen LogP) is 10.8. The van der Waals surface area contributed by atoms with E-state index in [1.165, 1.54) is 35.0 Å². The van der Waals surface area contributed by atoms with Gasteiger partial charge in [0.25, 0.3) is 21.6 Å². The lowest BCUT2D eigenvalue weighted by Crippen LogP contribution is -2.60. The van der Waals surface area contributed by atoms with E-state index in [0.29, 0.717) is 42.7 Å². The molecule has 4 aromatic carbocycles. The third-order valence-corrected chi connectivity index (χ3v) is 17.9. The van der Waals surface area contributed by atoms with E-state index in [1.54, 1.807) is 31.5 Å². The Morgan fingerprint density at radius 3 is 2.43 bits per heavy atom. The summed E-state index contributed by atoms with van der Waals surface area (Å²) in [5.41, 5.74) is 4.59. The molecule has 1 amide bonds. The van der Waals surface area contributed by atoms with Gasteiger partial charge >= 0.3 is 0 Å². The Labute approximate surface area is 444 Å². The number of nitro benzene ring substituents is 1. The summed E-state index contributed by atoms with van der Waals surface area (Å²) in [7, 11) is -2.90. The number of pyridine rings is 1. The normalized spacial score (nSPS) is 21.5. The lowest BCUT2D eigenvalue weighted by atomic mass is 9.59. The number of piperidine rings is 1. The van der Waals surface area contributed by atoms with E-state index < -0.39 is 37.0 Å². The highest BCUT2D eigenvalue weighted by atomic mass is 35.5. The number of rotatable bonds is 16. The maximum atomic E-state index is 14.1. The number of nitrogens with zero attached hydrogens (tertiary/aromatic N) is 5. The fraction of sp³-hybridized carbons (Fsp3) is 0.439. The summed E-state index contributed by atoms with van der Waals surface area (Å²) in [6, 6.07) is 27.8. The van der Waals surface area contributed by atoms with E-state index in [9.17, 15) is 28.4 Å². The molecule has 2 saturated carbocycles. The van der Waals surface area contributed by atoms with Gasteiger partial charge in [-0.25, -0.2) is 18.1 Å². The number of benzene rings is 4. The summed E-state index contributed by atoms with van der Waals surface area (Å²) in [6.45, 7) is 12.0. The van der Waals surface area contributed by atoms with E-state index in [-0.39, 0.29) is 34.4 Å². The molecule has 0 unspecified atom stereocenters. The van der Waals surface area contributed by atoms with Crippen molar-refractivity contribution in [3.63, 3.8) is 0 Å². The molecule has 1 spiro atoms. The molecule has 4 aliphatic rings. The second-order valence-corrected chi connectivity index (χ2v) is 24.0. The number of piperazine rings is 1. The van der Waals surface area contributed by atoms with Gasteiger partial charge in [-0.15, -0.1) is 0 Å². The predicted molar refractivity (Wildman–Crippen MR) is 292 cm³/mol. The summed E-state index contributed by atoms with van der Waals surface area (Å²) < 4.78 is 41.7. The van der Waals surface area contributed by atoms with Crippen LogP contribution in [0, 0.1) is 21.4 Å². The number of methoxy groups -OCH3 is 1. The van der Waals surface area contributed by atoms with Crippen LogP contribution in [0.15, 0.2) is 108 Å². The Kier molecular flexibility index (Phi) is 14.9. The monoisotopic (exact) mass is 1060 g/mol. The molecule has 0 radical (unpaired) electrons. The van der Waals surface area contributed by atoms with E-state index in [4.69, 9.17) is 21.1 Å². The smallest absolute Gasteiger partial charge is 0.293 e. The zero-order valence-corrected chi connectivity index (χ0v) is 44.6. The van der Waals surface area contributed by atoms with Crippen molar-refractivity contribution in [1.29, 1.82) is 0 Å². The standard InChI is InChI=1S/C57H67ClN8O8S/c1-37(2)47-12-7-41(58)28-49(47)52-36-63(35-39-5-9-44(73-4)10-6-39)25-26-65(52)43-31-57(32-43)20-23-64(24-21-57)42-8-13-48(53(29-42)74-45-27-40-17-22-59-54(40)61-34-45)55(67)62-75(71,72)46-11-14-50(51(30-46)66(69)70)60-33-38-15-18-56(3,68)19-16-38/h5-14,17,22,27-30,34,37-38,43,52,60,68H,15-16,18-21,23-26,31-33,35-36H2,1-4H3,(H,59,61)(H,62,67)/t38?,52-,56?/m0/s1. The topological polar surface area (TPSA) is 195 Å². The molecule has 2 aliphatic carbocycles. The highest BCUT2D eigenvalue weighted by Crippen LogP contribution is 2.53. The van der Waals surface area contributed by atoms with Gasteiger partial charge in [0.05, 0.1) is 34.3 Å². The van der Waals surface area contributed by atoms with Crippen LogP contribution in [0.5, 0.6) is 17.2 Å². The van der Waals surface area contributed by atoms with Crippen molar-refractivity contribution in [2.24, 2.45) is 11.3 Å². The molecule has 2 saturated heterocycles. The number of ether oxygens (including phenoxy) is 2. The fourth-order valence-corrected chi connectivity index (χ4v) is 13.1. The molecule has 1 atom stereocenters. The highest BCUT2D eigenvalue weighted by molar-refractivity contribution is 7.90. The number of H-pyrrole nitrogens is 1. The molecule has 16 nitrogen and oxygen atoms in total. The number of aromatic nitrogens is 2. The van der Waals surface area contributed by atoms with Gasteiger partial charge in [0.1, 0.15) is 28.6 Å². The largest absolute Gasteiger partial charge is 0.497 e. The van der Waals surface area contributed by atoms with Gasteiger partial charge in [-0.2, -0.15) is 0 Å². The van der Waals surface area contributed by atoms with Crippen molar-refractivity contribution in [3.05, 3.63) is 141 Å². The number of carbonyl (C=O) groups excluding carboxylic acids is 1. The second-order valence-electron chi connectivity index (χ2n) is 21.9. The minimum Gasteiger partial charge on any atom is -0.497 e. The van der Waals surface area contributed by atoms with Crippen LogP contribution in [0.4, 0.5) is 17.1 Å². The Hall–Kier alpha value is -6.24. The molecular formula is C57H67ClN8O8S. The van der Waals surface area contributed by atoms with E-state index in [1.807, 2.05) is 37.3 Å². The molecule has 4 N–H and O–H groups in total. The van der Waals surface area contributed by atoms with Gasteiger partial charge in [-0.05, 0) is 153 Å². The lowest BCUT2D eigenvalue weighted by molar-refractivity contribution is -0.384. The molecule has 18 heteroatoms. The third kappa shape index (κ3) is 11.6. The number of halogens is 1. The van der Waals surface area contributed by atoms with Crippen molar-refractivity contribution in [1.82, 2.24) is 24.5 Å². The minimum atomic E-state index is -4.60. The number of fused-ring (bicyclic) bond motifs is 1. The number of nitrogens with one attached hydrogen (secondary N) is 3. The first-order chi connectivity index (χ1) is 35.9. The molecule has 396 valence electrons. The van der Waals surface area contributed by atoms with Gasteiger partial charge < -0.3 is 29.8 Å². The third-order valence-electron chi connectivity index (χ3n) is 16.4. The van der Waals surface area contributed by atoms with Gasteiger partial charge in [-0.3, -0.25) is 24.7 Å². The Bertz CT molecular complexity index is 3160. The molecule has 0 bridgehead atoms. The molecule has 2 aliphatic heterocycles. The number of anilines is 2. The summed E-state index contributed by atoms with van der Waals surface area (Å²) >= 11 is 6.75. The molecular weight excluding hydrogens is 992 g/mol. The van der Waals surface area contributed by atoms with Crippen molar-refractivity contribution >= 4 is 55.6 Å². The van der Waals surface area contributed by atoms with Crippen LogP contribution in [-0.4, -0.2) is 102 Å². The SMILES string of the molecule is COc1ccc(CN2CCN(C3CC4(CCN(c5ccc(C(=O)NS(=O)(=O)c6ccc(NCC7CCC(C)(O)CC7)c([N+](=O)[O-])c6)c(Oc6cnc7[nH]ccc7c6)c5)CC4)C3)[C@H](c3cc(Cl)ccc3C(C)C)C2)cc1. The first-order valence-electron chi connectivity index (χ1n) is 26.2. The first-order valence-corrected chi connectivity index (χ1v) is 28.0. The number of hydrogen-bond acceptors (Lipinski definition) is 13. The molecule has 4 heterocycles. The van der Waals surface area contributed by atoms with Crippen LogP contribution in [0.2, 0.25) is 5.02 Å². The number of hydrogen-bond donors (Lipinski definition) is 4. The molecule has 6 aromatic rings. The van der Waals surface area contributed by atoms with Crippen LogP contribution in [0.1, 0.15) is 111 Å². The summed E-state index contributed by atoms with van der Waals surface area (Å²) in [6.07, 6.45) is 10.3. The number of aromatic amines is 1. The number of carbonyl (C=O) groups is 1. The van der Waals surface area contributed by atoms with E-state index in [2.05, 4.69) is 72.8 Å². The Balaban J connectivity index is 0.835. The molecule has 75 heavy (non-hydrogen) atoms. The highest BCUT2D eigenvalue weighted by Gasteiger charge is 2.50. The van der Waals surface area contributed by atoms with Gasteiger partial charge in [0.2, 0.25) is 0 Å². The van der Waals surface area contributed by atoms with E-state index >= 15 is 0 Å². The van der Waals surface area contributed by atoms with Gasteiger partial charge in [-0.1, -0.05) is 43.6 Å². The van der Waals surface area contributed by atoms with Crippen molar-refractivity contribution in [2.45, 2.75) is 107 Å². The Morgan fingerprint density at radius 2 is 1.71 bits per heavy atom. The molecule has 4 fully saturated rings. The first kappa shape index (κ1) is 52.2. The average molecular weight is 1060 g/mol. The quantitative estimate of drug-likeness (QED) is 0.0529.